The Morgan fingerprint density at radius 3 is 2.48 bits per heavy atom. The molecule has 0 aliphatic carbocycles. The summed E-state index contributed by atoms with van der Waals surface area (Å²) < 4.78 is 4.78. The topological polar surface area (TPSA) is 8.24 Å². The molecule has 3 heteroatoms. The summed E-state index contributed by atoms with van der Waals surface area (Å²) in [4.78, 5) is 3.67. The van der Waals surface area contributed by atoms with Crippen LogP contribution in [-0.2, 0) is 18.9 Å². The van der Waals surface area contributed by atoms with Crippen LogP contribution in [0.5, 0.6) is 0 Å². The van der Waals surface area contributed by atoms with Gasteiger partial charge in [0.15, 0.2) is 11.9 Å². The summed E-state index contributed by atoms with van der Waals surface area (Å²) in [6, 6.07) is 13.2. The minimum atomic E-state index is 0.0374. The molecule has 158 valence electrons. The molecule has 0 amide bonds. The third-order valence-electron chi connectivity index (χ3n) is 5.98. The third kappa shape index (κ3) is 3.86. The third-order valence-corrected chi connectivity index (χ3v) is 7.15. The van der Waals surface area contributed by atoms with Crippen LogP contribution in [0.1, 0.15) is 51.3 Å². The first-order valence-corrected chi connectivity index (χ1v) is 11.8. The summed E-state index contributed by atoms with van der Waals surface area (Å²) in [5.41, 5.74) is 7.40. The molecular weight excluding hydrogens is 396 g/mol. The highest BCUT2D eigenvalue weighted by atomic mass is 32.1. The number of aryl methyl sites for hydroxylation is 2. The van der Waals surface area contributed by atoms with Crippen LogP contribution in [0.3, 0.4) is 0 Å². The monoisotopic (exact) mass is 427 g/mol. The number of thiophene rings is 1. The van der Waals surface area contributed by atoms with Gasteiger partial charge in [0.2, 0.25) is 5.69 Å². The molecule has 4 aromatic rings. The van der Waals surface area contributed by atoms with Crippen molar-refractivity contribution in [2.75, 3.05) is 0 Å². The molecule has 0 spiro atoms. The van der Waals surface area contributed by atoms with Crippen LogP contribution in [0.4, 0.5) is 5.69 Å². The van der Waals surface area contributed by atoms with Gasteiger partial charge in [-0.15, -0.1) is 11.3 Å². The lowest BCUT2D eigenvalue weighted by Gasteiger charge is -2.23. The lowest BCUT2D eigenvalue weighted by Crippen LogP contribution is -2.31. The summed E-state index contributed by atoms with van der Waals surface area (Å²) in [7, 11) is 2.14. The van der Waals surface area contributed by atoms with Gasteiger partial charge in [0.25, 0.3) is 0 Å². The van der Waals surface area contributed by atoms with Crippen molar-refractivity contribution in [2.45, 2.75) is 53.4 Å². The highest BCUT2D eigenvalue weighted by Crippen LogP contribution is 2.46. The Morgan fingerprint density at radius 1 is 1.10 bits per heavy atom. The van der Waals surface area contributed by atoms with Crippen LogP contribution < -0.4 is 4.57 Å². The number of fused-ring (bicyclic) bond motifs is 3. The Kier molecular flexibility index (Phi) is 5.40. The van der Waals surface area contributed by atoms with Gasteiger partial charge in [0.05, 0.1) is 12.1 Å². The summed E-state index contributed by atoms with van der Waals surface area (Å²) in [5.74, 6) is 0.626. The lowest BCUT2D eigenvalue weighted by atomic mass is 9.81. The number of benzene rings is 2. The van der Waals surface area contributed by atoms with E-state index in [9.17, 15) is 0 Å². The smallest absolute Gasteiger partial charge is 0.214 e. The fraction of sp³-hybridized carbons (Fsp3) is 0.357. The zero-order valence-corrected chi connectivity index (χ0v) is 20.4. The van der Waals surface area contributed by atoms with E-state index in [1.807, 2.05) is 23.5 Å². The van der Waals surface area contributed by atoms with Crippen LogP contribution in [0.25, 0.3) is 36.3 Å². The van der Waals surface area contributed by atoms with E-state index in [0.29, 0.717) is 11.6 Å². The van der Waals surface area contributed by atoms with Crippen LogP contribution >= 0.6 is 11.3 Å². The van der Waals surface area contributed by atoms with Crippen molar-refractivity contribution in [1.29, 1.82) is 0 Å². The van der Waals surface area contributed by atoms with E-state index in [-0.39, 0.29) is 5.41 Å². The molecule has 0 N–H and O–H groups in total. The Hall–Kier alpha value is -2.70. The molecule has 0 unspecified atom stereocenters. The van der Waals surface area contributed by atoms with Crippen molar-refractivity contribution in [3.05, 3.63) is 70.7 Å². The number of nitrogens with zero attached hydrogens (tertiary/aromatic N) is 2. The van der Waals surface area contributed by atoms with Gasteiger partial charge in [-0.05, 0) is 52.8 Å². The number of aromatic nitrogens is 1. The average molecular weight is 428 g/mol. The van der Waals surface area contributed by atoms with Gasteiger partial charge in [-0.2, -0.15) is 0 Å². The van der Waals surface area contributed by atoms with Crippen molar-refractivity contribution in [2.24, 2.45) is 13.0 Å². The minimum Gasteiger partial charge on any atom is -0.238 e. The van der Waals surface area contributed by atoms with Gasteiger partial charge in [-0.25, -0.2) is 9.41 Å². The summed E-state index contributed by atoms with van der Waals surface area (Å²) >= 11 is 1.83. The summed E-state index contributed by atoms with van der Waals surface area (Å²) in [6.07, 6.45) is 3.28. The Bertz CT molecular complexity index is 1340. The fourth-order valence-corrected chi connectivity index (χ4v) is 5.88. The van der Waals surface area contributed by atoms with Crippen molar-refractivity contribution < 1.29 is 4.57 Å². The van der Waals surface area contributed by atoms with E-state index in [1.54, 1.807) is 0 Å². The standard InChI is InChI=1S/C28H31N2S/c1-17(2)13-19-11-12-30(8)23(15-19)25-18(3)14-22(28(4,5)6)26-21-10-9-20(29-7)16-24(21)31-27(25)26/h9-12,14-17H,13H2,1-6,8H3/q+1. The second kappa shape index (κ2) is 7.77. The normalized spacial score (nSPS) is 12.1. The Morgan fingerprint density at radius 2 is 1.84 bits per heavy atom. The van der Waals surface area contributed by atoms with Gasteiger partial charge < -0.3 is 0 Å². The maximum Gasteiger partial charge on any atom is 0.214 e. The molecule has 0 radical (unpaired) electrons. The largest absolute Gasteiger partial charge is 0.238 e. The number of hydrogen-bond acceptors (Lipinski definition) is 1. The van der Waals surface area contributed by atoms with Gasteiger partial charge >= 0.3 is 0 Å². The highest BCUT2D eigenvalue weighted by Gasteiger charge is 2.26. The van der Waals surface area contributed by atoms with Crippen LogP contribution in [0.15, 0.2) is 42.6 Å². The Labute approximate surface area is 190 Å². The molecular formula is C28H31N2S+. The van der Waals surface area contributed by atoms with E-state index < -0.39 is 0 Å². The maximum atomic E-state index is 7.44. The second-order valence-corrected chi connectivity index (χ2v) is 11.1. The van der Waals surface area contributed by atoms with Crippen LogP contribution in [-0.4, -0.2) is 0 Å². The average Bonchev–Trinajstić information content (AvgIpc) is 3.06. The molecule has 0 saturated heterocycles. The van der Waals surface area contributed by atoms with E-state index in [0.717, 1.165) is 6.42 Å². The fourth-order valence-electron chi connectivity index (χ4n) is 4.51. The number of hydrogen-bond donors (Lipinski definition) is 0. The second-order valence-electron chi connectivity index (χ2n) is 10.1. The zero-order chi connectivity index (χ0) is 22.5. The van der Waals surface area contributed by atoms with E-state index >= 15 is 0 Å². The van der Waals surface area contributed by atoms with Gasteiger partial charge in [-0.3, -0.25) is 0 Å². The maximum absolute atomic E-state index is 7.44. The molecule has 0 aliphatic rings. The van der Waals surface area contributed by atoms with Gasteiger partial charge in [-0.1, -0.05) is 52.8 Å². The number of pyridine rings is 1. The predicted octanol–water partition coefficient (Wildman–Crippen LogP) is 7.90. The van der Waals surface area contributed by atoms with Crippen molar-refractivity contribution in [3.8, 4) is 11.3 Å². The molecule has 2 heterocycles. The predicted molar refractivity (Wildman–Crippen MR) is 134 cm³/mol. The van der Waals surface area contributed by atoms with Crippen molar-refractivity contribution >= 4 is 37.2 Å². The molecule has 0 saturated carbocycles. The summed E-state index contributed by atoms with van der Waals surface area (Å²) in [5, 5.41) is 2.61. The first-order valence-electron chi connectivity index (χ1n) is 11.0. The van der Waals surface area contributed by atoms with E-state index in [2.05, 4.69) is 88.5 Å². The van der Waals surface area contributed by atoms with Gasteiger partial charge in [0, 0.05) is 26.9 Å². The zero-order valence-electron chi connectivity index (χ0n) is 19.6. The highest BCUT2D eigenvalue weighted by molar-refractivity contribution is 7.26. The molecule has 0 bridgehead atoms. The molecule has 2 nitrogen and oxygen atoms in total. The first kappa shape index (κ1) is 21.5. The minimum absolute atomic E-state index is 0.0374. The quantitative estimate of drug-likeness (QED) is 0.232. The summed E-state index contributed by atoms with van der Waals surface area (Å²) in [6.45, 7) is 21.1. The van der Waals surface area contributed by atoms with Crippen molar-refractivity contribution in [1.82, 2.24) is 0 Å². The number of rotatable bonds is 3. The lowest BCUT2D eigenvalue weighted by molar-refractivity contribution is -0.660. The SMILES string of the molecule is [C-]#[N+]c1ccc2c(c1)sc1c(-c3cc(CC(C)C)cc[n+]3C)c(C)cc(C(C)(C)C)c12. The van der Waals surface area contributed by atoms with E-state index in [1.165, 1.54) is 48.1 Å². The molecule has 2 aromatic carbocycles. The van der Waals surface area contributed by atoms with Crippen LogP contribution in [0, 0.1) is 19.4 Å². The molecule has 4 rings (SSSR count). The molecule has 0 fully saturated rings. The van der Waals surface area contributed by atoms with Crippen molar-refractivity contribution in [3.63, 3.8) is 0 Å². The molecule has 0 atom stereocenters. The molecule has 31 heavy (non-hydrogen) atoms. The van der Waals surface area contributed by atoms with Crippen LogP contribution in [0.2, 0.25) is 0 Å². The molecule has 2 aromatic heterocycles. The Balaban J connectivity index is 2.13. The molecule has 0 aliphatic heterocycles. The first-order chi connectivity index (χ1) is 14.6. The van der Waals surface area contributed by atoms with E-state index in [4.69, 9.17) is 6.57 Å². The van der Waals surface area contributed by atoms with Gasteiger partial charge in [0.1, 0.15) is 7.05 Å².